The maximum absolute atomic E-state index is 14.5. The minimum Gasteiger partial charge on any atom is -0.495 e. The molecular weight excluding hydrogens is 384 g/mol. The first kappa shape index (κ1) is 20.7. The molecule has 0 aliphatic heterocycles. The summed E-state index contributed by atoms with van der Waals surface area (Å²) < 4.78 is 61.6. The average molecular weight is 409 g/mol. The quantitative estimate of drug-likeness (QED) is 0.777. The second-order valence-electron chi connectivity index (χ2n) is 8.18. The molecule has 2 aromatic carbocycles. The van der Waals surface area contributed by atoms with Gasteiger partial charge in [0.25, 0.3) is 0 Å². The predicted molar refractivity (Wildman–Crippen MR) is 104 cm³/mol. The van der Waals surface area contributed by atoms with E-state index in [1.54, 1.807) is 12.1 Å². The molecule has 152 valence electrons. The van der Waals surface area contributed by atoms with Crippen molar-refractivity contribution in [2.24, 2.45) is 5.41 Å². The Morgan fingerprint density at radius 1 is 1.11 bits per heavy atom. The molecule has 0 saturated heterocycles. The second kappa shape index (κ2) is 6.81. The van der Waals surface area contributed by atoms with Crippen LogP contribution in [0.5, 0.6) is 5.75 Å². The van der Waals surface area contributed by atoms with E-state index in [0.29, 0.717) is 12.0 Å². The van der Waals surface area contributed by atoms with Gasteiger partial charge < -0.3 is 4.74 Å². The molecule has 0 heterocycles. The third-order valence-corrected chi connectivity index (χ3v) is 7.42. The van der Waals surface area contributed by atoms with E-state index < -0.39 is 27.1 Å². The third-order valence-electron chi connectivity index (χ3n) is 5.99. The molecule has 0 radical (unpaired) electrons. The minimum atomic E-state index is -3.89. The highest BCUT2D eigenvalue weighted by atomic mass is 32.2. The zero-order valence-electron chi connectivity index (χ0n) is 16.7. The summed E-state index contributed by atoms with van der Waals surface area (Å²) in [5.74, 6) is -1.06. The van der Waals surface area contributed by atoms with Crippen LogP contribution in [0.15, 0.2) is 35.2 Å². The average Bonchev–Trinajstić information content (AvgIpc) is 3.17. The van der Waals surface area contributed by atoms with Crippen molar-refractivity contribution in [1.82, 2.24) is 4.72 Å². The van der Waals surface area contributed by atoms with E-state index in [-0.39, 0.29) is 22.6 Å². The van der Waals surface area contributed by atoms with Crippen LogP contribution in [-0.4, -0.2) is 22.1 Å². The minimum absolute atomic E-state index is 0.0148. The Morgan fingerprint density at radius 2 is 1.71 bits per heavy atom. The number of benzene rings is 2. The topological polar surface area (TPSA) is 55.4 Å². The van der Waals surface area contributed by atoms with E-state index in [2.05, 4.69) is 4.72 Å². The molecule has 1 N–H and O–H groups in total. The van der Waals surface area contributed by atoms with Gasteiger partial charge >= 0.3 is 0 Å². The maximum Gasteiger partial charge on any atom is 0.244 e. The fourth-order valence-corrected chi connectivity index (χ4v) is 5.20. The molecular formula is C21H25F2NO3S. The molecule has 4 nitrogen and oxygen atoms in total. The number of methoxy groups -OCH3 is 1. The van der Waals surface area contributed by atoms with Crippen molar-refractivity contribution in [3.63, 3.8) is 0 Å². The van der Waals surface area contributed by atoms with Crippen LogP contribution < -0.4 is 9.46 Å². The van der Waals surface area contributed by atoms with E-state index in [1.165, 1.54) is 19.2 Å². The first-order valence-electron chi connectivity index (χ1n) is 9.04. The number of ether oxygens (including phenoxy) is 1. The smallest absolute Gasteiger partial charge is 0.244 e. The van der Waals surface area contributed by atoms with Gasteiger partial charge in [-0.3, -0.25) is 0 Å². The Morgan fingerprint density at radius 3 is 2.25 bits per heavy atom. The Balaban J connectivity index is 1.94. The van der Waals surface area contributed by atoms with Crippen molar-refractivity contribution in [2.45, 2.75) is 44.4 Å². The van der Waals surface area contributed by atoms with E-state index >= 15 is 0 Å². The van der Waals surface area contributed by atoms with Gasteiger partial charge in [-0.25, -0.2) is 21.9 Å². The van der Waals surface area contributed by atoms with Gasteiger partial charge in [-0.05, 0) is 60.6 Å². The van der Waals surface area contributed by atoms with Crippen LogP contribution in [0.2, 0.25) is 0 Å². The Labute approximate surface area is 165 Å². The Kier molecular flexibility index (Phi) is 5.04. The van der Waals surface area contributed by atoms with Gasteiger partial charge in [0.2, 0.25) is 10.0 Å². The summed E-state index contributed by atoms with van der Waals surface area (Å²) in [6.07, 6.45) is 0.592. The van der Waals surface area contributed by atoms with Crippen LogP contribution >= 0.6 is 0 Å². The zero-order valence-corrected chi connectivity index (χ0v) is 17.5. The number of nitrogens with one attached hydrogen (secondary N) is 1. The number of hydrogen-bond donors (Lipinski definition) is 1. The molecule has 1 aliphatic rings. The van der Waals surface area contributed by atoms with Crippen molar-refractivity contribution in [3.8, 4) is 5.75 Å². The van der Waals surface area contributed by atoms with Crippen molar-refractivity contribution >= 4 is 10.0 Å². The molecule has 1 fully saturated rings. The molecule has 7 heteroatoms. The number of sulfonamides is 1. The molecule has 1 atom stereocenters. The number of halogens is 2. The lowest BCUT2D eigenvalue weighted by atomic mass is 9.87. The zero-order chi connectivity index (χ0) is 20.9. The van der Waals surface area contributed by atoms with Crippen molar-refractivity contribution < 1.29 is 21.9 Å². The van der Waals surface area contributed by atoms with Gasteiger partial charge in [0.05, 0.1) is 7.11 Å². The highest BCUT2D eigenvalue weighted by Crippen LogP contribution is 2.64. The van der Waals surface area contributed by atoms with Crippen molar-refractivity contribution in [3.05, 3.63) is 58.7 Å². The molecule has 0 bridgehead atoms. The normalized spacial score (nSPS) is 20.8. The molecule has 1 aliphatic carbocycles. The molecule has 0 aromatic heterocycles. The Hall–Kier alpha value is -1.99. The molecule has 1 unspecified atom stereocenters. The fourth-order valence-electron chi connectivity index (χ4n) is 3.87. The standard InChI is InChI=1S/C21H25F2NO3S/c1-13-8-18(27-5)19(9-14(13)2)28(25,26)24-12-21(11-20(21,3)4)16-7-6-15(22)10-17(16)23/h6-10,24H,11-12H2,1-5H3. The van der Waals surface area contributed by atoms with E-state index in [4.69, 9.17) is 4.74 Å². The van der Waals surface area contributed by atoms with Crippen LogP contribution in [-0.2, 0) is 15.4 Å². The third kappa shape index (κ3) is 3.42. The summed E-state index contributed by atoms with van der Waals surface area (Å²) in [6, 6.07) is 6.70. The molecule has 28 heavy (non-hydrogen) atoms. The number of rotatable bonds is 6. The van der Waals surface area contributed by atoms with Crippen molar-refractivity contribution in [1.29, 1.82) is 0 Å². The largest absolute Gasteiger partial charge is 0.495 e. The summed E-state index contributed by atoms with van der Waals surface area (Å²) in [5, 5.41) is 0. The van der Waals surface area contributed by atoms with Crippen LogP contribution in [0.1, 0.15) is 37.0 Å². The van der Waals surface area contributed by atoms with Gasteiger partial charge in [-0.2, -0.15) is 0 Å². The van der Waals surface area contributed by atoms with Gasteiger partial charge in [-0.1, -0.05) is 19.9 Å². The summed E-state index contributed by atoms with van der Waals surface area (Å²) in [4.78, 5) is 0.0475. The van der Waals surface area contributed by atoms with Gasteiger partial charge in [-0.15, -0.1) is 0 Å². The lowest BCUT2D eigenvalue weighted by Crippen LogP contribution is -2.35. The molecule has 0 amide bonds. The summed E-state index contributed by atoms with van der Waals surface area (Å²) in [6.45, 7) is 7.61. The molecule has 0 spiro atoms. The summed E-state index contributed by atoms with van der Waals surface area (Å²) in [7, 11) is -2.47. The maximum atomic E-state index is 14.5. The summed E-state index contributed by atoms with van der Waals surface area (Å²) >= 11 is 0. The molecule has 3 rings (SSSR count). The van der Waals surface area contributed by atoms with Crippen LogP contribution in [0.3, 0.4) is 0 Å². The highest BCUT2D eigenvalue weighted by Gasteiger charge is 2.63. The SMILES string of the molecule is COc1cc(C)c(C)cc1S(=O)(=O)NCC1(c2ccc(F)cc2F)CC1(C)C. The van der Waals surface area contributed by atoms with Gasteiger partial charge in [0, 0.05) is 18.0 Å². The predicted octanol–water partition coefficient (Wildman–Crippen LogP) is 4.24. The number of hydrogen-bond acceptors (Lipinski definition) is 3. The first-order valence-corrected chi connectivity index (χ1v) is 10.5. The summed E-state index contributed by atoms with van der Waals surface area (Å²) in [5.41, 5.74) is 1.02. The molecule has 1 saturated carbocycles. The van der Waals surface area contributed by atoms with Crippen LogP contribution in [0, 0.1) is 30.9 Å². The van der Waals surface area contributed by atoms with Crippen molar-refractivity contribution in [2.75, 3.05) is 13.7 Å². The monoisotopic (exact) mass is 409 g/mol. The van der Waals surface area contributed by atoms with E-state index in [1.807, 2.05) is 27.7 Å². The van der Waals surface area contributed by atoms with Crippen LogP contribution in [0.4, 0.5) is 8.78 Å². The molecule has 2 aromatic rings. The van der Waals surface area contributed by atoms with Crippen LogP contribution in [0.25, 0.3) is 0 Å². The Bertz CT molecular complexity index is 1030. The fraction of sp³-hybridized carbons (Fsp3) is 0.429. The lowest BCUT2D eigenvalue weighted by Gasteiger charge is -2.23. The highest BCUT2D eigenvalue weighted by molar-refractivity contribution is 7.89. The van der Waals surface area contributed by atoms with E-state index in [9.17, 15) is 17.2 Å². The van der Waals surface area contributed by atoms with E-state index in [0.717, 1.165) is 17.2 Å². The second-order valence-corrected chi connectivity index (χ2v) is 9.91. The number of aryl methyl sites for hydroxylation is 2. The lowest BCUT2D eigenvalue weighted by molar-refractivity contribution is 0.401. The first-order chi connectivity index (χ1) is 12.9. The van der Waals surface area contributed by atoms with Gasteiger partial charge in [0.1, 0.15) is 22.3 Å². The van der Waals surface area contributed by atoms with Gasteiger partial charge in [0.15, 0.2) is 0 Å².